The van der Waals surface area contributed by atoms with E-state index in [1.807, 2.05) is 0 Å². The van der Waals surface area contributed by atoms with Gasteiger partial charge in [0.2, 0.25) is 5.91 Å². The van der Waals surface area contributed by atoms with Gasteiger partial charge in [-0.1, -0.05) is 45.4 Å². The molecule has 120 valence electrons. The van der Waals surface area contributed by atoms with Gasteiger partial charge in [0.15, 0.2) is 0 Å². The summed E-state index contributed by atoms with van der Waals surface area (Å²) in [5.41, 5.74) is 1.04. The van der Waals surface area contributed by atoms with Gasteiger partial charge in [0.1, 0.15) is 17.5 Å². The van der Waals surface area contributed by atoms with Crippen molar-refractivity contribution < 1.29 is 14.0 Å². The van der Waals surface area contributed by atoms with E-state index in [2.05, 4.69) is 12.2 Å². The third-order valence-corrected chi connectivity index (χ3v) is 4.19. The summed E-state index contributed by atoms with van der Waals surface area (Å²) in [5, 5.41) is 2.65. The summed E-state index contributed by atoms with van der Waals surface area (Å²) in [4.78, 5) is 24.2. The second-order valence-corrected chi connectivity index (χ2v) is 5.99. The maximum Gasteiger partial charge on any atom is 0.239 e. The molecule has 1 heterocycles. The van der Waals surface area contributed by atoms with E-state index in [0.29, 0.717) is 17.7 Å². The van der Waals surface area contributed by atoms with Gasteiger partial charge in [-0.25, -0.2) is 4.39 Å². The molecule has 1 aliphatic heterocycles. The van der Waals surface area contributed by atoms with Gasteiger partial charge in [0.05, 0.1) is 0 Å². The Morgan fingerprint density at radius 2 is 1.82 bits per heavy atom. The topological polar surface area (TPSA) is 46.2 Å². The molecule has 2 rings (SSSR count). The van der Waals surface area contributed by atoms with E-state index in [9.17, 15) is 14.0 Å². The predicted octanol–water partition coefficient (Wildman–Crippen LogP) is 4.57. The third kappa shape index (κ3) is 4.15. The number of nitrogens with one attached hydrogen (secondary N) is 1. The fourth-order valence-corrected chi connectivity index (χ4v) is 2.95. The van der Waals surface area contributed by atoms with Crippen LogP contribution in [0.3, 0.4) is 0 Å². The van der Waals surface area contributed by atoms with Gasteiger partial charge < -0.3 is 5.32 Å². The largest absolute Gasteiger partial charge is 0.325 e. The van der Waals surface area contributed by atoms with Crippen LogP contribution in [0.2, 0.25) is 0 Å². The Morgan fingerprint density at radius 1 is 1.14 bits per heavy atom. The average Bonchev–Trinajstić information content (AvgIpc) is 2.81. The van der Waals surface area contributed by atoms with Gasteiger partial charge in [-0.3, -0.25) is 9.59 Å². The number of rotatable bonds is 9. The Bertz CT molecular complexity index is 542. The molecule has 0 fully saturated rings. The maximum absolute atomic E-state index is 13.3. The van der Waals surface area contributed by atoms with Crippen LogP contribution >= 0.6 is 0 Å². The Hall–Kier alpha value is -1.71. The molecule has 1 aliphatic rings. The fourth-order valence-electron chi connectivity index (χ4n) is 2.95. The zero-order valence-corrected chi connectivity index (χ0v) is 13.2. The molecule has 1 aromatic rings. The molecule has 22 heavy (non-hydrogen) atoms. The van der Waals surface area contributed by atoms with Crippen molar-refractivity contribution in [3.8, 4) is 0 Å². The second-order valence-electron chi connectivity index (χ2n) is 5.99. The van der Waals surface area contributed by atoms with Gasteiger partial charge in [-0.2, -0.15) is 0 Å². The molecular formula is C18H24FNO2. The van der Waals surface area contributed by atoms with Gasteiger partial charge in [-0.05, 0) is 30.2 Å². The Morgan fingerprint density at radius 3 is 2.55 bits per heavy atom. The van der Waals surface area contributed by atoms with E-state index >= 15 is 0 Å². The molecule has 1 N–H and O–H groups in total. The number of anilines is 1. The van der Waals surface area contributed by atoms with Crippen molar-refractivity contribution in [3.05, 3.63) is 29.6 Å². The van der Waals surface area contributed by atoms with Crippen LogP contribution in [0.25, 0.3) is 0 Å². The zero-order chi connectivity index (χ0) is 15.9. The second kappa shape index (κ2) is 8.06. The van der Waals surface area contributed by atoms with Crippen LogP contribution in [0.4, 0.5) is 10.1 Å². The number of carbonyl (C=O) groups is 2. The maximum atomic E-state index is 13.3. The van der Waals surface area contributed by atoms with E-state index < -0.39 is 11.7 Å². The standard InChI is InChI=1S/C18H24FNO2/c1-2-3-4-5-6-7-8-9-16(21)17-14-12-13(19)10-11-15(14)20-18(17)22/h10-12,17H,2-9H2,1H3,(H,20,22). The molecule has 0 saturated heterocycles. The number of hydrogen-bond acceptors (Lipinski definition) is 2. The molecule has 0 aromatic heterocycles. The van der Waals surface area contributed by atoms with Gasteiger partial charge >= 0.3 is 0 Å². The highest BCUT2D eigenvalue weighted by molar-refractivity contribution is 6.16. The zero-order valence-electron chi connectivity index (χ0n) is 13.2. The van der Waals surface area contributed by atoms with Crippen LogP contribution in [0.15, 0.2) is 18.2 Å². The summed E-state index contributed by atoms with van der Waals surface area (Å²) in [6.07, 6.45) is 8.30. The first kappa shape index (κ1) is 16.7. The van der Waals surface area contributed by atoms with Crippen molar-refractivity contribution in [2.24, 2.45) is 0 Å². The highest BCUT2D eigenvalue weighted by Gasteiger charge is 2.35. The number of halogens is 1. The fraction of sp³-hybridized carbons (Fsp3) is 0.556. The number of fused-ring (bicyclic) bond motifs is 1. The number of hydrogen-bond donors (Lipinski definition) is 1. The Labute approximate surface area is 131 Å². The summed E-state index contributed by atoms with van der Waals surface area (Å²) in [6.45, 7) is 2.19. The monoisotopic (exact) mass is 305 g/mol. The molecule has 0 aliphatic carbocycles. The van der Waals surface area contributed by atoms with E-state index in [4.69, 9.17) is 0 Å². The first-order valence-corrected chi connectivity index (χ1v) is 8.26. The normalized spacial score (nSPS) is 16.5. The molecule has 1 atom stereocenters. The van der Waals surface area contributed by atoms with Crippen molar-refractivity contribution in [1.82, 2.24) is 0 Å². The van der Waals surface area contributed by atoms with Crippen molar-refractivity contribution in [2.75, 3.05) is 5.32 Å². The molecule has 0 bridgehead atoms. The molecule has 0 saturated carbocycles. The first-order chi connectivity index (χ1) is 10.6. The highest BCUT2D eigenvalue weighted by Crippen LogP contribution is 2.34. The summed E-state index contributed by atoms with van der Waals surface area (Å²) < 4.78 is 13.3. The van der Waals surface area contributed by atoms with Crippen molar-refractivity contribution in [1.29, 1.82) is 0 Å². The number of benzene rings is 1. The van der Waals surface area contributed by atoms with Crippen LogP contribution in [-0.4, -0.2) is 11.7 Å². The van der Waals surface area contributed by atoms with Crippen LogP contribution in [0.1, 0.15) is 69.8 Å². The molecule has 1 amide bonds. The van der Waals surface area contributed by atoms with Gasteiger partial charge in [0, 0.05) is 12.1 Å². The lowest BCUT2D eigenvalue weighted by molar-refractivity contribution is -0.127. The van der Waals surface area contributed by atoms with Crippen LogP contribution in [-0.2, 0) is 9.59 Å². The van der Waals surface area contributed by atoms with Gasteiger partial charge in [0.25, 0.3) is 0 Å². The molecule has 0 radical (unpaired) electrons. The third-order valence-electron chi connectivity index (χ3n) is 4.19. The van der Waals surface area contributed by atoms with Crippen LogP contribution in [0.5, 0.6) is 0 Å². The van der Waals surface area contributed by atoms with Crippen molar-refractivity contribution >= 4 is 17.4 Å². The van der Waals surface area contributed by atoms with Gasteiger partial charge in [-0.15, -0.1) is 0 Å². The van der Waals surface area contributed by atoms with Crippen LogP contribution in [0, 0.1) is 5.82 Å². The smallest absolute Gasteiger partial charge is 0.239 e. The summed E-state index contributed by atoms with van der Waals surface area (Å²) in [7, 11) is 0. The van der Waals surface area contributed by atoms with E-state index in [-0.39, 0.29) is 11.7 Å². The van der Waals surface area contributed by atoms with Crippen molar-refractivity contribution in [3.63, 3.8) is 0 Å². The molecule has 3 nitrogen and oxygen atoms in total. The Kier molecular flexibility index (Phi) is 6.10. The predicted molar refractivity (Wildman–Crippen MR) is 85.4 cm³/mol. The number of unbranched alkanes of at least 4 members (excludes halogenated alkanes) is 6. The van der Waals surface area contributed by atoms with E-state index in [0.717, 1.165) is 19.3 Å². The number of Topliss-reactive ketones (excluding diaryl/α,β-unsaturated/α-hetero) is 1. The van der Waals surface area contributed by atoms with E-state index in [1.54, 1.807) is 0 Å². The lowest BCUT2D eigenvalue weighted by Gasteiger charge is -2.08. The highest BCUT2D eigenvalue weighted by atomic mass is 19.1. The molecule has 0 spiro atoms. The van der Waals surface area contributed by atoms with E-state index in [1.165, 1.54) is 43.9 Å². The lowest BCUT2D eigenvalue weighted by atomic mass is 9.92. The average molecular weight is 305 g/mol. The molecule has 1 unspecified atom stereocenters. The molecule has 1 aromatic carbocycles. The van der Waals surface area contributed by atoms with Crippen LogP contribution < -0.4 is 5.32 Å². The molecular weight excluding hydrogens is 281 g/mol. The Balaban J connectivity index is 1.81. The summed E-state index contributed by atoms with van der Waals surface area (Å²) in [6, 6.07) is 4.10. The quantitative estimate of drug-likeness (QED) is 0.536. The SMILES string of the molecule is CCCCCCCCCC(=O)C1C(=O)Nc2ccc(F)cc21. The number of carbonyl (C=O) groups excluding carboxylic acids is 2. The summed E-state index contributed by atoms with van der Waals surface area (Å²) in [5.74, 6) is -1.67. The molecule has 4 heteroatoms. The summed E-state index contributed by atoms with van der Waals surface area (Å²) >= 11 is 0. The minimum atomic E-state index is -0.828. The minimum absolute atomic E-state index is 0.101. The van der Waals surface area contributed by atoms with Crippen molar-refractivity contribution in [2.45, 2.75) is 64.2 Å². The minimum Gasteiger partial charge on any atom is -0.325 e. The first-order valence-electron chi connectivity index (χ1n) is 8.26. The lowest BCUT2D eigenvalue weighted by Crippen LogP contribution is -2.20. The number of amides is 1. The number of ketones is 1.